The molecule has 2 aliphatic carbocycles. The van der Waals surface area contributed by atoms with E-state index in [0.29, 0.717) is 18.3 Å². The number of ether oxygens (including phenoxy) is 1. The fraction of sp³-hybridized carbons (Fsp3) is 0.773. The number of methoxy groups -OCH3 is 1. The lowest BCUT2D eigenvalue weighted by Gasteiger charge is -2.17. The zero-order valence-electron chi connectivity index (χ0n) is 16.4. The van der Waals surface area contributed by atoms with Crippen LogP contribution in [0.2, 0.25) is 0 Å². The van der Waals surface area contributed by atoms with Crippen molar-refractivity contribution in [1.82, 2.24) is 0 Å². The Hall–Kier alpha value is -1.13. The van der Waals surface area contributed by atoms with Crippen LogP contribution in [0.3, 0.4) is 0 Å². The van der Waals surface area contributed by atoms with Crippen molar-refractivity contribution in [2.24, 2.45) is 17.8 Å². The van der Waals surface area contributed by atoms with Crippen molar-refractivity contribution in [2.75, 3.05) is 7.11 Å². The minimum Gasteiger partial charge on any atom is -0.469 e. The van der Waals surface area contributed by atoms with E-state index in [1.807, 2.05) is 6.08 Å². The Labute approximate surface area is 158 Å². The SMILES string of the molecule is CCCCC[C@H](O)C=C[C@H]1[C@H]2CC(=CCCCC(=O)OC)C[C@H]2C[C@H]1O. The Morgan fingerprint density at radius 3 is 2.85 bits per heavy atom. The molecular weight excluding hydrogens is 328 g/mol. The van der Waals surface area contributed by atoms with E-state index in [-0.39, 0.29) is 24.1 Å². The van der Waals surface area contributed by atoms with Gasteiger partial charge in [0.25, 0.3) is 0 Å². The van der Waals surface area contributed by atoms with E-state index >= 15 is 0 Å². The molecule has 0 radical (unpaired) electrons. The zero-order valence-corrected chi connectivity index (χ0v) is 16.4. The molecule has 0 bridgehead atoms. The second kappa shape index (κ2) is 10.9. The Kier molecular flexibility index (Phi) is 8.86. The third kappa shape index (κ3) is 6.24. The van der Waals surface area contributed by atoms with Gasteiger partial charge in [0.15, 0.2) is 0 Å². The molecule has 0 spiro atoms. The first kappa shape index (κ1) is 21.2. The quantitative estimate of drug-likeness (QED) is 0.347. The van der Waals surface area contributed by atoms with Crippen LogP contribution in [-0.4, -0.2) is 35.5 Å². The number of hydrogen-bond acceptors (Lipinski definition) is 4. The molecule has 4 nitrogen and oxygen atoms in total. The number of allylic oxidation sites excluding steroid dienone is 2. The maximum absolute atomic E-state index is 11.2. The number of esters is 1. The standard InChI is InChI=1S/C22H36O4/c1-3-4-5-9-18(23)11-12-19-20-14-16(13-17(20)15-21(19)24)8-6-7-10-22(25)26-2/h8,11-12,17-21,23-24H,3-7,9-10,13-15H2,1-2H3/t17-,18-,19-,20-,21+/m0/s1. The summed E-state index contributed by atoms with van der Waals surface area (Å²) in [5, 5.41) is 20.5. The van der Waals surface area contributed by atoms with E-state index in [9.17, 15) is 15.0 Å². The van der Waals surface area contributed by atoms with Crippen LogP contribution in [0.1, 0.15) is 71.1 Å². The van der Waals surface area contributed by atoms with E-state index in [0.717, 1.165) is 57.8 Å². The summed E-state index contributed by atoms with van der Waals surface area (Å²) >= 11 is 0. The lowest BCUT2D eigenvalue weighted by molar-refractivity contribution is -0.140. The van der Waals surface area contributed by atoms with Gasteiger partial charge in [-0.3, -0.25) is 4.79 Å². The summed E-state index contributed by atoms with van der Waals surface area (Å²) in [5.74, 6) is 1.08. The number of hydrogen-bond donors (Lipinski definition) is 2. The fourth-order valence-electron chi connectivity index (χ4n) is 4.55. The molecule has 2 saturated carbocycles. The smallest absolute Gasteiger partial charge is 0.305 e. The third-order valence-corrected chi connectivity index (χ3v) is 6.02. The number of carbonyl (C=O) groups excluding carboxylic acids is 1. The second-order valence-corrected chi connectivity index (χ2v) is 7.99. The number of rotatable bonds is 10. The van der Waals surface area contributed by atoms with E-state index in [4.69, 9.17) is 0 Å². The highest BCUT2D eigenvalue weighted by Gasteiger charge is 2.44. The number of fused-ring (bicyclic) bond motifs is 1. The molecule has 2 fully saturated rings. The third-order valence-electron chi connectivity index (χ3n) is 6.02. The first-order chi connectivity index (χ1) is 12.5. The summed E-state index contributed by atoms with van der Waals surface area (Å²) < 4.78 is 4.67. The largest absolute Gasteiger partial charge is 0.469 e. The van der Waals surface area contributed by atoms with Gasteiger partial charge in [0.05, 0.1) is 19.3 Å². The molecule has 0 aromatic carbocycles. The molecule has 2 N–H and O–H groups in total. The predicted octanol–water partition coefficient (Wildman–Crippen LogP) is 4.16. The van der Waals surface area contributed by atoms with Crippen molar-refractivity contribution < 1.29 is 19.7 Å². The molecule has 0 aromatic rings. The number of aliphatic hydroxyl groups excluding tert-OH is 2. The molecule has 0 heterocycles. The predicted molar refractivity (Wildman–Crippen MR) is 104 cm³/mol. The Morgan fingerprint density at radius 2 is 2.12 bits per heavy atom. The van der Waals surface area contributed by atoms with Gasteiger partial charge in [-0.05, 0) is 50.4 Å². The fourth-order valence-corrected chi connectivity index (χ4v) is 4.55. The van der Waals surface area contributed by atoms with Gasteiger partial charge in [0.2, 0.25) is 0 Å². The van der Waals surface area contributed by atoms with Gasteiger partial charge < -0.3 is 14.9 Å². The molecule has 5 atom stereocenters. The number of unbranched alkanes of at least 4 members (excludes halogenated alkanes) is 3. The summed E-state index contributed by atoms with van der Waals surface area (Å²) in [7, 11) is 1.43. The van der Waals surface area contributed by atoms with Crippen LogP contribution >= 0.6 is 0 Å². The summed E-state index contributed by atoms with van der Waals surface area (Å²) in [4.78, 5) is 11.2. The van der Waals surface area contributed by atoms with E-state index in [1.165, 1.54) is 12.7 Å². The first-order valence-corrected chi connectivity index (χ1v) is 10.3. The Balaban J connectivity index is 1.81. The molecule has 0 amide bonds. The van der Waals surface area contributed by atoms with Crippen molar-refractivity contribution in [3.05, 3.63) is 23.8 Å². The van der Waals surface area contributed by atoms with E-state index in [2.05, 4.69) is 23.8 Å². The Morgan fingerprint density at radius 1 is 1.31 bits per heavy atom. The summed E-state index contributed by atoms with van der Waals surface area (Å²) in [5.41, 5.74) is 1.47. The molecule has 4 heteroatoms. The highest BCUT2D eigenvalue weighted by atomic mass is 16.5. The second-order valence-electron chi connectivity index (χ2n) is 7.99. The first-order valence-electron chi connectivity index (χ1n) is 10.3. The molecule has 0 aliphatic heterocycles. The molecule has 0 saturated heterocycles. The molecular formula is C22H36O4. The van der Waals surface area contributed by atoms with Gasteiger partial charge in [0.1, 0.15) is 0 Å². The average molecular weight is 365 g/mol. The molecule has 2 rings (SSSR count). The van der Waals surface area contributed by atoms with E-state index < -0.39 is 0 Å². The number of aliphatic hydroxyl groups is 2. The highest BCUT2D eigenvalue weighted by Crippen LogP contribution is 2.50. The van der Waals surface area contributed by atoms with Crippen molar-refractivity contribution in [1.29, 1.82) is 0 Å². The minimum absolute atomic E-state index is 0.141. The van der Waals surface area contributed by atoms with E-state index in [1.54, 1.807) is 0 Å². The summed E-state index contributed by atoms with van der Waals surface area (Å²) in [6.45, 7) is 2.16. The lowest BCUT2D eigenvalue weighted by atomic mass is 9.90. The van der Waals surface area contributed by atoms with Gasteiger partial charge in [-0.2, -0.15) is 0 Å². The van der Waals surface area contributed by atoms with Crippen LogP contribution < -0.4 is 0 Å². The maximum atomic E-state index is 11.2. The van der Waals surface area contributed by atoms with Crippen molar-refractivity contribution in [2.45, 2.75) is 83.3 Å². The topological polar surface area (TPSA) is 66.8 Å². The number of carbonyl (C=O) groups is 1. The maximum Gasteiger partial charge on any atom is 0.305 e. The van der Waals surface area contributed by atoms with Crippen molar-refractivity contribution in [3.8, 4) is 0 Å². The Bertz CT molecular complexity index is 496. The molecule has 0 unspecified atom stereocenters. The van der Waals surface area contributed by atoms with Crippen LogP contribution in [0.4, 0.5) is 0 Å². The van der Waals surface area contributed by atoms with Crippen LogP contribution in [-0.2, 0) is 9.53 Å². The lowest BCUT2D eigenvalue weighted by Crippen LogP contribution is -2.17. The van der Waals surface area contributed by atoms with Crippen LogP contribution in [0.25, 0.3) is 0 Å². The van der Waals surface area contributed by atoms with Gasteiger partial charge >= 0.3 is 5.97 Å². The monoisotopic (exact) mass is 364 g/mol. The normalized spacial score (nSPS) is 30.8. The van der Waals surface area contributed by atoms with Gasteiger partial charge in [-0.25, -0.2) is 0 Å². The van der Waals surface area contributed by atoms with Crippen LogP contribution in [0.5, 0.6) is 0 Å². The molecule has 26 heavy (non-hydrogen) atoms. The summed E-state index contributed by atoms with van der Waals surface area (Å²) in [6.07, 6.45) is 15.0. The average Bonchev–Trinajstić information content (AvgIpc) is 3.13. The molecule has 2 aliphatic rings. The molecule has 0 aromatic heterocycles. The van der Waals surface area contributed by atoms with Gasteiger partial charge in [-0.1, -0.05) is 50.0 Å². The van der Waals surface area contributed by atoms with Crippen molar-refractivity contribution in [3.63, 3.8) is 0 Å². The molecule has 148 valence electrons. The van der Waals surface area contributed by atoms with Crippen LogP contribution in [0.15, 0.2) is 23.8 Å². The summed E-state index contributed by atoms with van der Waals surface area (Å²) in [6, 6.07) is 0. The van der Waals surface area contributed by atoms with Crippen LogP contribution in [0, 0.1) is 17.8 Å². The van der Waals surface area contributed by atoms with Crippen molar-refractivity contribution >= 4 is 5.97 Å². The minimum atomic E-state index is -0.387. The zero-order chi connectivity index (χ0) is 18.9. The highest BCUT2D eigenvalue weighted by molar-refractivity contribution is 5.69. The van der Waals surface area contributed by atoms with Gasteiger partial charge in [-0.15, -0.1) is 0 Å². The van der Waals surface area contributed by atoms with Gasteiger partial charge in [0, 0.05) is 12.3 Å².